The molecule has 0 bridgehead atoms. The molecule has 1 N–H and O–H groups in total. The van der Waals surface area contributed by atoms with Crippen molar-refractivity contribution in [2.75, 3.05) is 13.1 Å². The van der Waals surface area contributed by atoms with Gasteiger partial charge in [-0.05, 0) is 31.4 Å². The first-order valence-electron chi connectivity index (χ1n) is 8.11. The Bertz CT molecular complexity index is 630. The highest BCUT2D eigenvalue weighted by atomic mass is 16.3. The van der Waals surface area contributed by atoms with E-state index in [-0.39, 0.29) is 12.3 Å². The molecule has 0 spiro atoms. The van der Waals surface area contributed by atoms with Crippen molar-refractivity contribution in [3.05, 3.63) is 54.4 Å². The fourth-order valence-electron chi connectivity index (χ4n) is 3.18. The number of amides is 1. The fourth-order valence-corrected chi connectivity index (χ4v) is 3.18. The molecule has 1 unspecified atom stereocenters. The molecule has 5 nitrogen and oxygen atoms in total. The summed E-state index contributed by atoms with van der Waals surface area (Å²) in [5, 5.41) is 14.9. The fraction of sp³-hybridized carbons (Fsp3) is 0.444. The largest absolute Gasteiger partial charge is 0.385 e. The Labute approximate surface area is 136 Å². The van der Waals surface area contributed by atoms with Crippen molar-refractivity contribution >= 4 is 5.91 Å². The second-order valence-electron chi connectivity index (χ2n) is 6.41. The van der Waals surface area contributed by atoms with Crippen LogP contribution in [-0.4, -0.2) is 38.8 Å². The molecule has 5 heteroatoms. The summed E-state index contributed by atoms with van der Waals surface area (Å²) in [6.45, 7) is 3.14. The first kappa shape index (κ1) is 15.7. The Morgan fingerprint density at radius 2 is 1.96 bits per heavy atom. The van der Waals surface area contributed by atoms with Gasteiger partial charge in [0.2, 0.25) is 5.91 Å². The van der Waals surface area contributed by atoms with Crippen LogP contribution in [0.25, 0.3) is 0 Å². The number of carbonyl (C=O) groups is 1. The molecule has 23 heavy (non-hydrogen) atoms. The maximum atomic E-state index is 12.5. The van der Waals surface area contributed by atoms with Crippen LogP contribution in [0, 0.1) is 0 Å². The van der Waals surface area contributed by atoms with Crippen LogP contribution in [0.4, 0.5) is 0 Å². The molecule has 2 heterocycles. The molecule has 3 rings (SSSR count). The zero-order chi connectivity index (χ0) is 16.3. The van der Waals surface area contributed by atoms with Crippen molar-refractivity contribution in [3.8, 4) is 0 Å². The maximum absolute atomic E-state index is 12.5. The molecule has 2 aromatic rings. The number of nitrogens with zero attached hydrogens (tertiary/aromatic N) is 3. The number of carbonyl (C=O) groups excluding carboxylic acids is 1. The van der Waals surface area contributed by atoms with Crippen LogP contribution in [0.3, 0.4) is 0 Å². The summed E-state index contributed by atoms with van der Waals surface area (Å²) in [5.41, 5.74) is -0.350. The van der Waals surface area contributed by atoms with Gasteiger partial charge in [0.25, 0.3) is 0 Å². The summed E-state index contributed by atoms with van der Waals surface area (Å²) in [6, 6.07) is 11.7. The quantitative estimate of drug-likeness (QED) is 0.942. The van der Waals surface area contributed by atoms with Crippen LogP contribution < -0.4 is 0 Å². The van der Waals surface area contributed by atoms with Crippen molar-refractivity contribution in [1.29, 1.82) is 0 Å². The van der Waals surface area contributed by atoms with Crippen molar-refractivity contribution < 1.29 is 9.90 Å². The summed E-state index contributed by atoms with van der Waals surface area (Å²) < 4.78 is 1.97. The predicted octanol–water partition coefficient (Wildman–Crippen LogP) is 2.34. The van der Waals surface area contributed by atoms with Crippen molar-refractivity contribution in [3.63, 3.8) is 0 Å². The number of hydrogen-bond donors (Lipinski definition) is 1. The van der Waals surface area contributed by atoms with Crippen LogP contribution >= 0.6 is 0 Å². The summed E-state index contributed by atoms with van der Waals surface area (Å²) >= 11 is 0. The molecule has 1 amide bonds. The van der Waals surface area contributed by atoms with E-state index >= 15 is 0 Å². The highest BCUT2D eigenvalue weighted by molar-refractivity contribution is 5.77. The predicted molar refractivity (Wildman–Crippen MR) is 87.7 cm³/mol. The minimum absolute atomic E-state index is 0.0118. The van der Waals surface area contributed by atoms with Gasteiger partial charge >= 0.3 is 0 Å². The van der Waals surface area contributed by atoms with Gasteiger partial charge in [0.05, 0.1) is 18.1 Å². The van der Waals surface area contributed by atoms with Crippen LogP contribution in [0.1, 0.15) is 37.8 Å². The van der Waals surface area contributed by atoms with E-state index < -0.39 is 5.60 Å². The van der Waals surface area contributed by atoms with E-state index in [9.17, 15) is 9.90 Å². The molecule has 0 saturated carbocycles. The molecule has 1 aliphatic rings. The van der Waals surface area contributed by atoms with Gasteiger partial charge in [-0.1, -0.05) is 30.3 Å². The second-order valence-corrected chi connectivity index (χ2v) is 6.41. The van der Waals surface area contributed by atoms with Gasteiger partial charge in [0.15, 0.2) is 0 Å². The lowest BCUT2D eigenvalue weighted by Gasteiger charge is -2.34. The lowest BCUT2D eigenvalue weighted by atomic mass is 9.91. The second kappa shape index (κ2) is 6.54. The number of aromatic nitrogens is 2. The van der Waals surface area contributed by atoms with Crippen LogP contribution in [-0.2, 0) is 10.4 Å². The number of aliphatic hydroxyl groups is 1. The molecule has 1 aromatic heterocycles. The van der Waals surface area contributed by atoms with E-state index in [1.54, 1.807) is 13.1 Å². The van der Waals surface area contributed by atoms with E-state index in [1.807, 2.05) is 52.2 Å². The van der Waals surface area contributed by atoms with E-state index in [0.717, 1.165) is 18.4 Å². The lowest BCUT2D eigenvalue weighted by Crippen LogP contribution is -2.42. The molecule has 1 aliphatic heterocycles. The SMILES string of the molecule is CC(O)(CC(=O)N1CCC(n2cccn2)CC1)c1ccccc1. The minimum atomic E-state index is -1.13. The number of hydrogen-bond acceptors (Lipinski definition) is 3. The van der Waals surface area contributed by atoms with Gasteiger partial charge in [-0.2, -0.15) is 5.10 Å². The third-order valence-corrected chi connectivity index (χ3v) is 4.61. The minimum Gasteiger partial charge on any atom is -0.385 e. The highest BCUT2D eigenvalue weighted by Crippen LogP contribution is 2.27. The van der Waals surface area contributed by atoms with Crippen LogP contribution in [0.2, 0.25) is 0 Å². The van der Waals surface area contributed by atoms with Crippen LogP contribution in [0.15, 0.2) is 48.8 Å². The van der Waals surface area contributed by atoms with Crippen molar-refractivity contribution in [2.45, 2.75) is 37.8 Å². The Morgan fingerprint density at radius 1 is 1.26 bits per heavy atom. The molecule has 0 aliphatic carbocycles. The third-order valence-electron chi connectivity index (χ3n) is 4.61. The molecule has 122 valence electrons. The average molecular weight is 313 g/mol. The topological polar surface area (TPSA) is 58.4 Å². The number of rotatable bonds is 4. The molecular formula is C18H23N3O2. The van der Waals surface area contributed by atoms with E-state index in [4.69, 9.17) is 0 Å². The Balaban J connectivity index is 1.57. The van der Waals surface area contributed by atoms with Gasteiger partial charge in [-0.3, -0.25) is 9.48 Å². The molecule has 1 aromatic carbocycles. The molecule has 1 fully saturated rings. The Kier molecular flexibility index (Phi) is 4.48. The summed E-state index contributed by atoms with van der Waals surface area (Å²) in [6.07, 6.45) is 5.68. The molecule has 1 atom stereocenters. The van der Waals surface area contributed by atoms with Crippen molar-refractivity contribution in [2.24, 2.45) is 0 Å². The number of benzene rings is 1. The summed E-state index contributed by atoms with van der Waals surface area (Å²) in [5.74, 6) is 0.0118. The van der Waals surface area contributed by atoms with Gasteiger partial charge in [0.1, 0.15) is 0 Å². The van der Waals surface area contributed by atoms with Gasteiger partial charge in [0, 0.05) is 25.5 Å². The first-order chi connectivity index (χ1) is 11.1. The third kappa shape index (κ3) is 3.62. The standard InChI is InChI=1S/C18H23N3O2/c1-18(23,15-6-3-2-4-7-15)14-17(22)20-12-8-16(9-13-20)21-11-5-10-19-21/h2-7,10-11,16,23H,8-9,12-14H2,1H3. The van der Waals surface area contributed by atoms with E-state index in [2.05, 4.69) is 5.10 Å². The maximum Gasteiger partial charge on any atom is 0.225 e. The normalized spacial score (nSPS) is 18.6. The van der Waals surface area contributed by atoms with Crippen molar-refractivity contribution in [1.82, 2.24) is 14.7 Å². The van der Waals surface area contributed by atoms with E-state index in [1.165, 1.54) is 0 Å². The summed E-state index contributed by atoms with van der Waals surface area (Å²) in [7, 11) is 0. The average Bonchev–Trinajstić information content (AvgIpc) is 3.10. The number of piperidine rings is 1. The zero-order valence-corrected chi connectivity index (χ0v) is 13.4. The lowest BCUT2D eigenvalue weighted by molar-refractivity contribution is -0.137. The summed E-state index contributed by atoms with van der Waals surface area (Å²) in [4.78, 5) is 14.4. The van der Waals surface area contributed by atoms with Gasteiger partial charge in [-0.15, -0.1) is 0 Å². The van der Waals surface area contributed by atoms with Crippen LogP contribution in [0.5, 0.6) is 0 Å². The Morgan fingerprint density at radius 3 is 2.57 bits per heavy atom. The first-order valence-corrected chi connectivity index (χ1v) is 8.11. The molecule has 1 saturated heterocycles. The highest BCUT2D eigenvalue weighted by Gasteiger charge is 2.31. The monoisotopic (exact) mass is 313 g/mol. The van der Waals surface area contributed by atoms with Gasteiger partial charge < -0.3 is 10.0 Å². The van der Waals surface area contributed by atoms with E-state index in [0.29, 0.717) is 19.1 Å². The van der Waals surface area contributed by atoms with Gasteiger partial charge in [-0.25, -0.2) is 0 Å². The Hall–Kier alpha value is -2.14. The zero-order valence-electron chi connectivity index (χ0n) is 13.4. The molecule has 0 radical (unpaired) electrons. The molecular weight excluding hydrogens is 290 g/mol. The smallest absolute Gasteiger partial charge is 0.225 e. The number of likely N-dealkylation sites (tertiary alicyclic amines) is 1.